The first kappa shape index (κ1) is 18.0. The average Bonchev–Trinajstić information content (AvgIpc) is 3.39. The zero-order valence-corrected chi connectivity index (χ0v) is 15.4. The molecule has 4 aromatic rings. The highest BCUT2D eigenvalue weighted by Crippen LogP contribution is 2.26. The molecule has 0 aliphatic carbocycles. The zero-order valence-electron chi connectivity index (χ0n) is 15.4. The van der Waals surface area contributed by atoms with Crippen molar-refractivity contribution in [3.8, 4) is 17.1 Å². The van der Waals surface area contributed by atoms with Crippen molar-refractivity contribution in [3.63, 3.8) is 0 Å². The number of hydrogen-bond donors (Lipinski definition) is 2. The van der Waals surface area contributed by atoms with Gasteiger partial charge >= 0.3 is 0 Å². The van der Waals surface area contributed by atoms with E-state index in [2.05, 4.69) is 35.8 Å². The summed E-state index contributed by atoms with van der Waals surface area (Å²) in [6.07, 6.45) is 0. The number of carbonyl (C=O) groups excluding carboxylic acids is 1. The van der Waals surface area contributed by atoms with E-state index < -0.39 is 5.91 Å². The Labute approximate surface area is 165 Å². The summed E-state index contributed by atoms with van der Waals surface area (Å²) in [5, 5.41) is 19.5. The van der Waals surface area contributed by atoms with Gasteiger partial charge in [0.2, 0.25) is 11.6 Å². The van der Waals surface area contributed by atoms with Crippen molar-refractivity contribution in [2.45, 2.75) is 6.92 Å². The SMILES string of the molecule is CC(=NNC(=O)c1nnn(-c2nonc2N)c1-c1ccccc1)c1ccccc1. The minimum absolute atomic E-state index is 0.0250. The number of hydrazone groups is 1. The molecule has 0 unspecified atom stereocenters. The zero-order chi connectivity index (χ0) is 20.2. The number of benzene rings is 2. The van der Waals surface area contributed by atoms with Crippen LogP contribution >= 0.6 is 0 Å². The Morgan fingerprint density at radius 2 is 1.76 bits per heavy atom. The highest BCUT2D eigenvalue weighted by atomic mass is 16.6. The smallest absolute Gasteiger partial charge is 0.294 e. The molecule has 2 heterocycles. The lowest BCUT2D eigenvalue weighted by Crippen LogP contribution is -2.21. The molecule has 3 N–H and O–H groups in total. The molecule has 144 valence electrons. The van der Waals surface area contributed by atoms with Gasteiger partial charge in [-0.05, 0) is 22.8 Å². The van der Waals surface area contributed by atoms with Crippen LogP contribution < -0.4 is 11.2 Å². The molecule has 0 aliphatic rings. The number of nitrogen functional groups attached to an aromatic ring is 1. The fraction of sp³-hybridized carbons (Fsp3) is 0.0526. The van der Waals surface area contributed by atoms with Gasteiger partial charge in [0.25, 0.3) is 5.91 Å². The molecule has 0 bridgehead atoms. The molecule has 0 spiro atoms. The van der Waals surface area contributed by atoms with Crippen LogP contribution in [0.15, 0.2) is 70.4 Å². The summed E-state index contributed by atoms with van der Waals surface area (Å²) < 4.78 is 5.96. The van der Waals surface area contributed by atoms with E-state index in [9.17, 15) is 4.79 Å². The van der Waals surface area contributed by atoms with Crippen LogP contribution in [0, 0.1) is 0 Å². The predicted molar refractivity (Wildman–Crippen MR) is 105 cm³/mol. The molecule has 0 atom stereocenters. The first-order valence-electron chi connectivity index (χ1n) is 8.64. The molecule has 10 nitrogen and oxygen atoms in total. The second kappa shape index (κ2) is 7.72. The molecule has 0 fully saturated rings. The van der Waals surface area contributed by atoms with Crippen LogP contribution in [0.1, 0.15) is 23.0 Å². The molecular weight excluding hydrogens is 372 g/mol. The highest BCUT2D eigenvalue weighted by molar-refractivity contribution is 6.02. The first-order valence-corrected chi connectivity index (χ1v) is 8.64. The van der Waals surface area contributed by atoms with Gasteiger partial charge in [0.1, 0.15) is 5.69 Å². The Kier molecular flexibility index (Phi) is 4.81. The summed E-state index contributed by atoms with van der Waals surface area (Å²) in [4.78, 5) is 12.8. The van der Waals surface area contributed by atoms with E-state index in [1.165, 1.54) is 4.68 Å². The molecule has 2 aromatic heterocycles. The summed E-state index contributed by atoms with van der Waals surface area (Å²) in [5.41, 5.74) is 11.0. The number of nitrogens with zero attached hydrogens (tertiary/aromatic N) is 6. The van der Waals surface area contributed by atoms with Gasteiger partial charge in [-0.1, -0.05) is 65.9 Å². The Morgan fingerprint density at radius 3 is 2.41 bits per heavy atom. The Morgan fingerprint density at radius 1 is 1.07 bits per heavy atom. The van der Waals surface area contributed by atoms with Gasteiger partial charge in [-0.15, -0.1) is 5.10 Å². The fourth-order valence-corrected chi connectivity index (χ4v) is 2.71. The maximum absolute atomic E-state index is 12.8. The summed E-state index contributed by atoms with van der Waals surface area (Å²) in [7, 11) is 0. The van der Waals surface area contributed by atoms with Gasteiger partial charge in [-0.2, -0.15) is 9.78 Å². The van der Waals surface area contributed by atoms with Crippen molar-refractivity contribution in [1.82, 2.24) is 30.7 Å². The fourth-order valence-electron chi connectivity index (χ4n) is 2.71. The number of aromatic nitrogens is 5. The van der Waals surface area contributed by atoms with E-state index in [-0.39, 0.29) is 17.3 Å². The number of carbonyl (C=O) groups is 1. The van der Waals surface area contributed by atoms with Crippen molar-refractivity contribution < 1.29 is 9.42 Å². The van der Waals surface area contributed by atoms with Crippen LogP contribution in [0.2, 0.25) is 0 Å². The van der Waals surface area contributed by atoms with Crippen molar-refractivity contribution in [1.29, 1.82) is 0 Å². The van der Waals surface area contributed by atoms with E-state index in [0.717, 1.165) is 5.56 Å². The highest BCUT2D eigenvalue weighted by Gasteiger charge is 2.25. The minimum atomic E-state index is -0.527. The van der Waals surface area contributed by atoms with Crippen LogP contribution in [0.3, 0.4) is 0 Å². The van der Waals surface area contributed by atoms with Crippen LogP contribution in [0.5, 0.6) is 0 Å². The van der Waals surface area contributed by atoms with Gasteiger partial charge in [-0.3, -0.25) is 4.79 Å². The van der Waals surface area contributed by atoms with E-state index in [4.69, 9.17) is 5.73 Å². The van der Waals surface area contributed by atoms with Crippen molar-refractivity contribution in [3.05, 3.63) is 71.9 Å². The molecule has 0 aliphatic heterocycles. The first-order chi connectivity index (χ1) is 14.1. The van der Waals surface area contributed by atoms with E-state index >= 15 is 0 Å². The van der Waals surface area contributed by atoms with E-state index in [1.807, 2.05) is 60.7 Å². The van der Waals surface area contributed by atoms with Crippen LogP contribution in [0.4, 0.5) is 5.82 Å². The summed E-state index contributed by atoms with van der Waals surface area (Å²) >= 11 is 0. The lowest BCUT2D eigenvalue weighted by Gasteiger charge is -2.06. The van der Waals surface area contributed by atoms with Crippen molar-refractivity contribution in [2.75, 3.05) is 5.73 Å². The molecule has 0 saturated carbocycles. The van der Waals surface area contributed by atoms with Crippen LogP contribution in [-0.4, -0.2) is 36.9 Å². The normalized spacial score (nSPS) is 11.4. The Hall–Kier alpha value is -4.34. The van der Waals surface area contributed by atoms with Crippen molar-refractivity contribution >= 4 is 17.4 Å². The molecule has 10 heteroatoms. The third kappa shape index (κ3) is 3.58. The van der Waals surface area contributed by atoms with Gasteiger partial charge in [0.15, 0.2) is 5.69 Å². The summed E-state index contributed by atoms with van der Waals surface area (Å²) in [6.45, 7) is 1.80. The van der Waals surface area contributed by atoms with Gasteiger partial charge < -0.3 is 5.73 Å². The molecule has 29 heavy (non-hydrogen) atoms. The Balaban J connectivity index is 1.71. The van der Waals surface area contributed by atoms with Crippen LogP contribution in [-0.2, 0) is 0 Å². The van der Waals surface area contributed by atoms with Gasteiger partial charge in [-0.25, -0.2) is 10.1 Å². The molecule has 1 amide bonds. The number of anilines is 1. The largest absolute Gasteiger partial charge is 0.378 e. The molecule has 4 rings (SSSR count). The van der Waals surface area contributed by atoms with Gasteiger partial charge in [0.05, 0.1) is 5.71 Å². The number of amides is 1. The number of nitrogens with one attached hydrogen (secondary N) is 1. The van der Waals surface area contributed by atoms with E-state index in [0.29, 0.717) is 17.0 Å². The molecule has 2 aromatic carbocycles. The number of nitrogens with two attached hydrogens (primary N) is 1. The maximum atomic E-state index is 12.8. The maximum Gasteiger partial charge on any atom is 0.294 e. The lowest BCUT2D eigenvalue weighted by atomic mass is 10.1. The quantitative estimate of drug-likeness (QED) is 0.394. The van der Waals surface area contributed by atoms with Crippen LogP contribution in [0.25, 0.3) is 17.1 Å². The third-order valence-electron chi connectivity index (χ3n) is 4.15. The molecular formula is C19H16N8O2. The molecule has 0 saturated heterocycles. The van der Waals surface area contributed by atoms with E-state index in [1.54, 1.807) is 6.92 Å². The monoisotopic (exact) mass is 388 g/mol. The number of hydrogen-bond acceptors (Lipinski definition) is 8. The topological polar surface area (TPSA) is 137 Å². The molecule has 0 radical (unpaired) electrons. The standard InChI is InChI=1S/C19H16N8O2/c1-12(13-8-4-2-5-9-13)21-23-19(28)15-16(14-10-6-3-7-11-14)27(26-22-15)18-17(20)24-29-25-18/h2-11H,1H3,(H2,20,24)(H,23,28). The summed E-state index contributed by atoms with van der Waals surface area (Å²) in [5.74, 6) is -0.364. The second-order valence-corrected chi connectivity index (χ2v) is 6.04. The summed E-state index contributed by atoms with van der Waals surface area (Å²) in [6, 6.07) is 18.6. The third-order valence-corrected chi connectivity index (χ3v) is 4.15. The second-order valence-electron chi connectivity index (χ2n) is 6.04. The predicted octanol–water partition coefficient (Wildman–Crippen LogP) is 2.05. The minimum Gasteiger partial charge on any atom is -0.378 e. The lowest BCUT2D eigenvalue weighted by molar-refractivity contribution is 0.0950. The number of rotatable bonds is 5. The average molecular weight is 388 g/mol. The van der Waals surface area contributed by atoms with Gasteiger partial charge in [0, 0.05) is 5.56 Å². The Bertz CT molecular complexity index is 1170. The van der Waals surface area contributed by atoms with Crippen molar-refractivity contribution in [2.24, 2.45) is 5.10 Å².